The predicted molar refractivity (Wildman–Crippen MR) is 92.3 cm³/mol. The molecule has 0 radical (unpaired) electrons. The van der Waals surface area contributed by atoms with Crippen molar-refractivity contribution in [3.8, 4) is 0 Å². The van der Waals surface area contributed by atoms with Gasteiger partial charge in [-0.05, 0) is 43.4 Å². The monoisotopic (exact) mass is 388 g/mol. The highest BCUT2D eigenvalue weighted by Gasteiger charge is 2.45. The second-order valence-electron chi connectivity index (χ2n) is 6.24. The second kappa shape index (κ2) is 6.87. The SMILES string of the molecule is Cl.NC1(C(=O)NCC2(c3cccc(Br)c3)CC2)CCOCC1. The highest BCUT2D eigenvalue weighted by atomic mass is 79.9. The maximum atomic E-state index is 12.4. The van der Waals surface area contributed by atoms with E-state index in [1.165, 1.54) is 5.56 Å². The van der Waals surface area contributed by atoms with E-state index in [2.05, 4.69) is 33.4 Å². The van der Waals surface area contributed by atoms with Crippen molar-refractivity contribution in [2.45, 2.75) is 36.6 Å². The molecular weight excluding hydrogens is 368 g/mol. The smallest absolute Gasteiger partial charge is 0.240 e. The van der Waals surface area contributed by atoms with Crippen molar-refractivity contribution in [1.82, 2.24) is 5.32 Å². The summed E-state index contributed by atoms with van der Waals surface area (Å²) in [5, 5.41) is 3.08. The summed E-state index contributed by atoms with van der Waals surface area (Å²) in [7, 11) is 0. The molecule has 1 aromatic rings. The van der Waals surface area contributed by atoms with E-state index in [4.69, 9.17) is 10.5 Å². The number of amides is 1. The molecule has 0 aromatic heterocycles. The van der Waals surface area contributed by atoms with Gasteiger partial charge in [-0.3, -0.25) is 4.79 Å². The molecule has 2 fully saturated rings. The van der Waals surface area contributed by atoms with Gasteiger partial charge in [0.25, 0.3) is 0 Å². The van der Waals surface area contributed by atoms with Crippen molar-refractivity contribution in [2.75, 3.05) is 19.8 Å². The summed E-state index contributed by atoms with van der Waals surface area (Å²) in [5.74, 6) is -0.0351. The summed E-state index contributed by atoms with van der Waals surface area (Å²) in [6, 6.07) is 8.35. The van der Waals surface area contributed by atoms with Gasteiger partial charge in [-0.25, -0.2) is 0 Å². The van der Waals surface area contributed by atoms with Crippen molar-refractivity contribution in [3.63, 3.8) is 0 Å². The topological polar surface area (TPSA) is 64.4 Å². The number of ether oxygens (including phenoxy) is 1. The average molecular weight is 390 g/mol. The lowest BCUT2D eigenvalue weighted by atomic mass is 9.89. The largest absolute Gasteiger partial charge is 0.381 e. The van der Waals surface area contributed by atoms with Crippen LogP contribution in [-0.4, -0.2) is 31.2 Å². The standard InChI is InChI=1S/C16H21BrN2O2.ClH/c17-13-3-1-2-12(10-13)15(4-5-15)11-19-14(20)16(18)6-8-21-9-7-16;/h1-3,10H,4-9,11,18H2,(H,19,20);1H. The zero-order chi connectivity index (χ0) is 14.9. The molecule has 3 N–H and O–H groups in total. The first-order valence-corrected chi connectivity index (χ1v) is 8.24. The third-order valence-electron chi connectivity index (χ3n) is 4.72. The predicted octanol–water partition coefficient (Wildman–Crippen LogP) is 2.53. The van der Waals surface area contributed by atoms with Crippen LogP contribution in [0.3, 0.4) is 0 Å². The van der Waals surface area contributed by atoms with E-state index in [1.807, 2.05) is 12.1 Å². The average Bonchev–Trinajstić information content (AvgIpc) is 3.27. The van der Waals surface area contributed by atoms with Gasteiger partial charge in [0.05, 0.1) is 5.54 Å². The van der Waals surface area contributed by atoms with Gasteiger partial charge in [0.1, 0.15) is 0 Å². The van der Waals surface area contributed by atoms with E-state index < -0.39 is 5.54 Å². The number of rotatable bonds is 4. The van der Waals surface area contributed by atoms with Crippen LogP contribution < -0.4 is 11.1 Å². The van der Waals surface area contributed by atoms with Crippen molar-refractivity contribution in [1.29, 1.82) is 0 Å². The molecule has 0 unspecified atom stereocenters. The molecule has 0 spiro atoms. The molecular formula is C16H22BrClN2O2. The Labute approximate surface area is 145 Å². The molecule has 1 aliphatic carbocycles. The fourth-order valence-corrected chi connectivity index (χ4v) is 3.32. The van der Waals surface area contributed by atoms with Crippen molar-refractivity contribution < 1.29 is 9.53 Å². The first kappa shape index (κ1) is 17.7. The number of halogens is 2. The number of carbonyl (C=O) groups is 1. The molecule has 1 saturated heterocycles. The molecule has 0 bridgehead atoms. The van der Waals surface area contributed by atoms with Crippen LogP contribution in [0, 0.1) is 0 Å². The van der Waals surface area contributed by atoms with E-state index in [9.17, 15) is 4.79 Å². The first-order chi connectivity index (χ1) is 10.0. The van der Waals surface area contributed by atoms with Crippen LogP contribution >= 0.6 is 28.3 Å². The summed E-state index contributed by atoms with van der Waals surface area (Å²) in [6.07, 6.45) is 3.43. The Hall–Kier alpha value is -0.620. The van der Waals surface area contributed by atoms with Crippen LogP contribution in [0.5, 0.6) is 0 Å². The lowest BCUT2D eigenvalue weighted by molar-refractivity contribution is -0.129. The lowest BCUT2D eigenvalue weighted by Crippen LogP contribution is -2.57. The van der Waals surface area contributed by atoms with Gasteiger partial charge in [0.2, 0.25) is 5.91 Å². The van der Waals surface area contributed by atoms with E-state index in [0.29, 0.717) is 32.6 Å². The summed E-state index contributed by atoms with van der Waals surface area (Å²) in [4.78, 5) is 12.4. The molecule has 0 atom stereocenters. The van der Waals surface area contributed by atoms with Gasteiger partial charge in [-0.2, -0.15) is 0 Å². The van der Waals surface area contributed by atoms with E-state index in [0.717, 1.165) is 17.3 Å². The van der Waals surface area contributed by atoms with Gasteiger partial charge < -0.3 is 15.8 Å². The Bertz CT molecular complexity index is 543. The Morgan fingerprint density at radius 2 is 1.95 bits per heavy atom. The number of hydrogen-bond donors (Lipinski definition) is 2. The zero-order valence-electron chi connectivity index (χ0n) is 12.4. The van der Waals surface area contributed by atoms with Crippen LogP contribution in [0.2, 0.25) is 0 Å². The summed E-state index contributed by atoms with van der Waals surface area (Å²) >= 11 is 3.51. The Morgan fingerprint density at radius 1 is 1.27 bits per heavy atom. The van der Waals surface area contributed by atoms with Gasteiger partial charge in [-0.1, -0.05) is 28.1 Å². The quantitative estimate of drug-likeness (QED) is 0.832. The fraction of sp³-hybridized carbons (Fsp3) is 0.562. The third kappa shape index (κ3) is 3.65. The van der Waals surface area contributed by atoms with Crippen molar-refractivity contribution in [3.05, 3.63) is 34.3 Å². The van der Waals surface area contributed by atoms with Crippen LogP contribution in [0.1, 0.15) is 31.2 Å². The summed E-state index contributed by atoms with van der Waals surface area (Å²) in [5.41, 5.74) is 6.84. The molecule has 3 rings (SSSR count). The maximum Gasteiger partial charge on any atom is 0.240 e. The molecule has 1 aliphatic heterocycles. The highest BCUT2D eigenvalue weighted by molar-refractivity contribution is 9.10. The zero-order valence-corrected chi connectivity index (χ0v) is 14.8. The maximum absolute atomic E-state index is 12.4. The Morgan fingerprint density at radius 3 is 2.55 bits per heavy atom. The first-order valence-electron chi connectivity index (χ1n) is 7.45. The number of hydrogen-bond acceptors (Lipinski definition) is 3. The molecule has 122 valence electrons. The van der Waals surface area contributed by atoms with E-state index in [1.54, 1.807) is 0 Å². The molecule has 6 heteroatoms. The van der Waals surface area contributed by atoms with Crippen LogP contribution in [0.15, 0.2) is 28.7 Å². The minimum atomic E-state index is -0.758. The minimum Gasteiger partial charge on any atom is -0.381 e. The number of carbonyl (C=O) groups excluding carboxylic acids is 1. The summed E-state index contributed by atoms with van der Waals surface area (Å²) in [6.45, 7) is 1.81. The number of benzene rings is 1. The fourth-order valence-electron chi connectivity index (χ4n) is 2.92. The van der Waals surface area contributed by atoms with Gasteiger partial charge in [0.15, 0.2) is 0 Å². The van der Waals surface area contributed by atoms with Crippen LogP contribution in [-0.2, 0) is 14.9 Å². The third-order valence-corrected chi connectivity index (χ3v) is 5.21. The molecule has 4 nitrogen and oxygen atoms in total. The molecule has 1 saturated carbocycles. The van der Waals surface area contributed by atoms with Crippen molar-refractivity contribution in [2.24, 2.45) is 5.73 Å². The van der Waals surface area contributed by atoms with Crippen LogP contribution in [0.25, 0.3) is 0 Å². The molecule has 1 aromatic carbocycles. The normalized spacial score (nSPS) is 21.5. The van der Waals surface area contributed by atoms with Crippen molar-refractivity contribution >= 4 is 34.2 Å². The second-order valence-corrected chi connectivity index (χ2v) is 7.16. The molecule has 1 heterocycles. The molecule has 22 heavy (non-hydrogen) atoms. The number of nitrogens with two attached hydrogens (primary N) is 1. The van der Waals surface area contributed by atoms with Crippen LogP contribution in [0.4, 0.5) is 0 Å². The minimum absolute atomic E-state index is 0. The summed E-state index contributed by atoms with van der Waals surface area (Å²) < 4.78 is 6.37. The Kier molecular flexibility index (Phi) is 5.54. The molecule has 2 aliphatic rings. The van der Waals surface area contributed by atoms with Gasteiger partial charge in [0, 0.05) is 29.6 Å². The lowest BCUT2D eigenvalue weighted by Gasteiger charge is -2.32. The van der Waals surface area contributed by atoms with E-state index in [-0.39, 0.29) is 23.7 Å². The highest BCUT2D eigenvalue weighted by Crippen LogP contribution is 2.48. The molecule has 1 amide bonds. The van der Waals surface area contributed by atoms with Gasteiger partial charge >= 0.3 is 0 Å². The Balaban J connectivity index is 0.00000176. The van der Waals surface area contributed by atoms with E-state index >= 15 is 0 Å². The number of nitrogens with one attached hydrogen (secondary N) is 1. The van der Waals surface area contributed by atoms with Gasteiger partial charge in [-0.15, -0.1) is 12.4 Å².